The second-order valence-electron chi connectivity index (χ2n) is 7.52. The molecule has 1 aliphatic carbocycles. The van der Waals surface area contributed by atoms with Crippen LogP contribution in [0.4, 0.5) is 0 Å². The lowest BCUT2D eigenvalue weighted by Crippen LogP contribution is -2.37. The fraction of sp³-hybridized carbons (Fsp3) is 0.938. The van der Waals surface area contributed by atoms with E-state index in [1.54, 1.807) is 0 Å². The summed E-state index contributed by atoms with van der Waals surface area (Å²) in [6.45, 7) is 14.5. The first-order valence-corrected chi connectivity index (χ1v) is 7.80. The highest BCUT2D eigenvalue weighted by atomic mass is 16.2. The largest absolute Gasteiger partial charge is 0.326 e. The molecule has 0 aromatic carbocycles. The molecule has 2 atom stereocenters. The molecule has 0 aromatic rings. The average molecular weight is 266 g/mol. The fourth-order valence-corrected chi connectivity index (χ4v) is 3.69. The Hall–Kier alpha value is -0.570. The van der Waals surface area contributed by atoms with Crippen LogP contribution < -0.4 is 5.32 Å². The molecule has 1 heterocycles. The maximum atomic E-state index is 12.5. The van der Waals surface area contributed by atoms with Crippen LogP contribution in [0.25, 0.3) is 0 Å². The van der Waals surface area contributed by atoms with Gasteiger partial charge in [0.1, 0.15) is 0 Å². The van der Waals surface area contributed by atoms with Crippen molar-refractivity contribution in [3.63, 3.8) is 0 Å². The highest BCUT2D eigenvalue weighted by Gasteiger charge is 2.65. The zero-order valence-electron chi connectivity index (χ0n) is 13.4. The first-order chi connectivity index (χ1) is 8.73. The van der Waals surface area contributed by atoms with E-state index in [0.29, 0.717) is 22.7 Å². The van der Waals surface area contributed by atoms with Gasteiger partial charge in [-0.1, -0.05) is 47.5 Å². The summed E-state index contributed by atoms with van der Waals surface area (Å²) in [5.41, 5.74) is 0.711. The molecule has 2 unspecified atom stereocenters. The van der Waals surface area contributed by atoms with Gasteiger partial charge < -0.3 is 4.90 Å². The van der Waals surface area contributed by atoms with E-state index in [1.165, 1.54) is 0 Å². The van der Waals surface area contributed by atoms with Crippen molar-refractivity contribution in [2.24, 2.45) is 16.7 Å². The van der Waals surface area contributed by atoms with Crippen LogP contribution in [-0.2, 0) is 4.79 Å². The van der Waals surface area contributed by atoms with Crippen molar-refractivity contribution >= 4 is 5.91 Å². The highest BCUT2D eigenvalue weighted by Crippen LogP contribution is 2.68. The van der Waals surface area contributed by atoms with Crippen molar-refractivity contribution in [3.8, 4) is 0 Å². The summed E-state index contributed by atoms with van der Waals surface area (Å²) >= 11 is 0. The van der Waals surface area contributed by atoms with Crippen molar-refractivity contribution in [1.82, 2.24) is 10.2 Å². The van der Waals surface area contributed by atoms with Crippen molar-refractivity contribution in [2.75, 3.05) is 6.54 Å². The molecule has 110 valence electrons. The number of carbonyl (C=O) groups is 1. The first kappa shape index (κ1) is 14.8. The molecule has 0 radical (unpaired) electrons. The highest BCUT2D eigenvalue weighted by molar-refractivity contribution is 5.84. The van der Waals surface area contributed by atoms with Crippen LogP contribution in [0.2, 0.25) is 0 Å². The molecule has 3 nitrogen and oxygen atoms in total. The summed E-state index contributed by atoms with van der Waals surface area (Å²) in [5.74, 6) is 0.942. The number of nitrogens with zero attached hydrogens (tertiary/aromatic N) is 1. The molecule has 1 saturated carbocycles. The number of hydrogen-bond acceptors (Lipinski definition) is 2. The van der Waals surface area contributed by atoms with Gasteiger partial charge in [0.05, 0.1) is 12.2 Å². The maximum absolute atomic E-state index is 12.5. The van der Waals surface area contributed by atoms with Gasteiger partial charge in [-0.25, -0.2) is 0 Å². The van der Waals surface area contributed by atoms with Gasteiger partial charge in [-0.15, -0.1) is 0 Å². The van der Waals surface area contributed by atoms with E-state index in [4.69, 9.17) is 0 Å². The minimum absolute atomic E-state index is 0.0555. The summed E-state index contributed by atoms with van der Waals surface area (Å²) in [7, 11) is 0. The van der Waals surface area contributed by atoms with E-state index in [0.717, 1.165) is 25.8 Å². The van der Waals surface area contributed by atoms with E-state index in [-0.39, 0.29) is 12.2 Å². The van der Waals surface area contributed by atoms with Crippen LogP contribution in [0, 0.1) is 16.7 Å². The topological polar surface area (TPSA) is 32.3 Å². The van der Waals surface area contributed by atoms with Crippen molar-refractivity contribution in [3.05, 3.63) is 0 Å². The molecule has 19 heavy (non-hydrogen) atoms. The van der Waals surface area contributed by atoms with E-state index < -0.39 is 0 Å². The number of rotatable bonds is 5. The third-order valence-electron chi connectivity index (χ3n) is 6.04. The Morgan fingerprint density at radius 2 is 1.79 bits per heavy atom. The van der Waals surface area contributed by atoms with Crippen molar-refractivity contribution in [1.29, 1.82) is 0 Å². The van der Waals surface area contributed by atoms with Gasteiger partial charge in [-0.05, 0) is 30.1 Å². The van der Waals surface area contributed by atoms with E-state index in [1.807, 2.05) is 0 Å². The molecule has 1 amide bonds. The predicted molar refractivity (Wildman–Crippen MR) is 78.7 cm³/mol. The van der Waals surface area contributed by atoms with Gasteiger partial charge in [-0.3, -0.25) is 10.1 Å². The smallest absolute Gasteiger partial charge is 0.241 e. The molecule has 1 saturated heterocycles. The summed E-state index contributed by atoms with van der Waals surface area (Å²) < 4.78 is 0. The van der Waals surface area contributed by atoms with Crippen LogP contribution in [0.1, 0.15) is 60.8 Å². The fourth-order valence-electron chi connectivity index (χ4n) is 3.69. The summed E-state index contributed by atoms with van der Waals surface area (Å²) in [4.78, 5) is 14.5. The Bertz CT molecular complexity index is 348. The van der Waals surface area contributed by atoms with Crippen LogP contribution in [-0.4, -0.2) is 29.6 Å². The number of carbonyl (C=O) groups excluding carboxylic acids is 1. The van der Waals surface area contributed by atoms with Gasteiger partial charge in [0.25, 0.3) is 0 Å². The van der Waals surface area contributed by atoms with E-state index >= 15 is 0 Å². The number of hydrogen-bond donors (Lipinski definition) is 1. The molecule has 1 aliphatic heterocycles. The Kier molecular flexibility index (Phi) is 3.72. The Labute approximate surface area is 118 Å². The monoisotopic (exact) mass is 266 g/mol. The van der Waals surface area contributed by atoms with Gasteiger partial charge in [-0.2, -0.15) is 0 Å². The average Bonchev–Trinajstić information content (AvgIpc) is 2.57. The lowest BCUT2D eigenvalue weighted by atomic mass is 10.0. The zero-order valence-corrected chi connectivity index (χ0v) is 13.4. The Morgan fingerprint density at radius 3 is 2.26 bits per heavy atom. The van der Waals surface area contributed by atoms with Crippen molar-refractivity contribution in [2.45, 2.75) is 73.0 Å². The molecule has 3 heteroatoms. The minimum Gasteiger partial charge on any atom is -0.326 e. The molecule has 1 N–H and O–H groups in total. The van der Waals surface area contributed by atoms with Gasteiger partial charge in [0.15, 0.2) is 0 Å². The van der Waals surface area contributed by atoms with Gasteiger partial charge in [0.2, 0.25) is 5.91 Å². The second-order valence-corrected chi connectivity index (χ2v) is 7.52. The lowest BCUT2D eigenvalue weighted by molar-refractivity contribution is -0.130. The minimum atomic E-state index is 0.0555. The molecule has 0 bridgehead atoms. The van der Waals surface area contributed by atoms with Gasteiger partial charge >= 0.3 is 0 Å². The summed E-state index contributed by atoms with van der Waals surface area (Å²) in [5, 5.41) is 3.45. The molecular formula is C16H30N2O. The normalized spacial score (nSPS) is 32.9. The number of amides is 1. The van der Waals surface area contributed by atoms with E-state index in [2.05, 4.69) is 51.8 Å². The number of unbranched alkanes of at least 4 members (excludes halogenated alkanes) is 1. The van der Waals surface area contributed by atoms with Crippen LogP contribution in [0.3, 0.4) is 0 Å². The third-order valence-corrected chi connectivity index (χ3v) is 6.04. The standard InChI is InChI=1S/C16H30N2O/c1-7-8-9-12-14(19)18(11(2)17-12)10-13-15(3,4)16(13,5)6/h11-13,17H,7-10H2,1-6H3. The van der Waals surface area contributed by atoms with Crippen molar-refractivity contribution < 1.29 is 4.79 Å². The zero-order chi connectivity index (χ0) is 14.4. The quantitative estimate of drug-likeness (QED) is 0.829. The summed E-state index contributed by atoms with van der Waals surface area (Å²) in [6, 6.07) is 0.0555. The van der Waals surface area contributed by atoms with Crippen LogP contribution >= 0.6 is 0 Å². The third kappa shape index (κ3) is 2.31. The summed E-state index contributed by atoms with van der Waals surface area (Å²) in [6.07, 6.45) is 3.46. The molecule has 2 fully saturated rings. The van der Waals surface area contributed by atoms with Gasteiger partial charge in [0, 0.05) is 6.54 Å². The molecule has 0 spiro atoms. The molecule has 2 aliphatic rings. The second kappa shape index (κ2) is 4.76. The lowest BCUT2D eigenvalue weighted by Gasteiger charge is -2.22. The Balaban J connectivity index is 1.97. The number of nitrogens with one attached hydrogen (secondary N) is 1. The molecular weight excluding hydrogens is 236 g/mol. The van der Waals surface area contributed by atoms with Crippen LogP contribution in [0.15, 0.2) is 0 Å². The van der Waals surface area contributed by atoms with E-state index in [9.17, 15) is 4.79 Å². The predicted octanol–water partition coefficient (Wildman–Crippen LogP) is 3.01. The molecule has 2 rings (SSSR count). The molecule has 0 aromatic heterocycles. The first-order valence-electron chi connectivity index (χ1n) is 7.80. The van der Waals surface area contributed by atoms with Crippen LogP contribution in [0.5, 0.6) is 0 Å². The maximum Gasteiger partial charge on any atom is 0.241 e. The SMILES string of the molecule is CCCCC1NC(C)N(CC2C(C)(C)C2(C)C)C1=O. The Morgan fingerprint density at radius 1 is 1.21 bits per heavy atom.